The van der Waals surface area contributed by atoms with Crippen molar-refractivity contribution in [3.8, 4) is 0 Å². The molecule has 0 atom stereocenters. The molecule has 114 valence electrons. The van der Waals surface area contributed by atoms with Crippen molar-refractivity contribution < 1.29 is 4.79 Å². The minimum atomic E-state index is -0.0256. The van der Waals surface area contributed by atoms with Crippen molar-refractivity contribution in [1.82, 2.24) is 15.3 Å². The Morgan fingerprint density at radius 2 is 1.96 bits per heavy atom. The van der Waals surface area contributed by atoms with Crippen LogP contribution in [0.4, 0.5) is 0 Å². The molecule has 0 unspecified atom stereocenters. The lowest BCUT2D eigenvalue weighted by Gasteiger charge is -2.01. The second-order valence-electron chi connectivity index (χ2n) is 5.36. The van der Waals surface area contributed by atoms with Crippen LogP contribution < -0.4 is 5.32 Å². The molecule has 0 aliphatic heterocycles. The fourth-order valence-corrected chi connectivity index (χ4v) is 3.58. The molecule has 0 radical (unpaired) electrons. The molecule has 4 aromatic rings. The molecule has 0 saturated carbocycles. The van der Waals surface area contributed by atoms with Crippen LogP contribution in [0.1, 0.15) is 15.5 Å². The van der Waals surface area contributed by atoms with E-state index in [0.29, 0.717) is 13.0 Å². The van der Waals surface area contributed by atoms with E-state index in [1.54, 1.807) is 0 Å². The molecule has 2 aromatic carbocycles. The number of hydrogen-bond donors (Lipinski definition) is 2. The maximum absolute atomic E-state index is 12.2. The third kappa shape index (κ3) is 2.83. The average molecular weight is 321 g/mol. The van der Waals surface area contributed by atoms with Crippen molar-refractivity contribution in [2.24, 2.45) is 0 Å². The first-order chi connectivity index (χ1) is 11.3. The number of aromatic amines is 1. The number of amides is 1. The number of hydrogen-bond acceptors (Lipinski definition) is 3. The van der Waals surface area contributed by atoms with Crippen molar-refractivity contribution >= 4 is 38.4 Å². The zero-order valence-corrected chi connectivity index (χ0v) is 13.2. The molecule has 0 bridgehead atoms. The Labute approximate surface area is 137 Å². The van der Waals surface area contributed by atoms with E-state index in [0.717, 1.165) is 31.8 Å². The monoisotopic (exact) mass is 321 g/mol. The lowest BCUT2D eigenvalue weighted by atomic mass is 10.2. The second kappa shape index (κ2) is 5.85. The van der Waals surface area contributed by atoms with Gasteiger partial charge in [0, 0.05) is 17.7 Å². The van der Waals surface area contributed by atoms with Crippen LogP contribution in [0, 0.1) is 0 Å². The van der Waals surface area contributed by atoms with E-state index in [2.05, 4.69) is 15.3 Å². The molecule has 0 aliphatic rings. The van der Waals surface area contributed by atoms with Gasteiger partial charge in [-0.3, -0.25) is 4.79 Å². The third-order valence-electron chi connectivity index (χ3n) is 3.74. The van der Waals surface area contributed by atoms with Gasteiger partial charge < -0.3 is 10.3 Å². The number of para-hydroxylation sites is 2. The molecule has 23 heavy (non-hydrogen) atoms. The van der Waals surface area contributed by atoms with Crippen molar-refractivity contribution in [3.63, 3.8) is 0 Å². The zero-order chi connectivity index (χ0) is 15.6. The fourth-order valence-electron chi connectivity index (χ4n) is 2.60. The molecule has 0 saturated heterocycles. The summed E-state index contributed by atoms with van der Waals surface area (Å²) in [6.07, 6.45) is 0.686. The largest absolute Gasteiger partial charge is 0.351 e. The summed E-state index contributed by atoms with van der Waals surface area (Å²) in [7, 11) is 0. The Kier molecular flexibility index (Phi) is 3.55. The zero-order valence-electron chi connectivity index (χ0n) is 12.4. The molecule has 0 fully saturated rings. The molecular formula is C18H15N3OS. The third-order valence-corrected chi connectivity index (χ3v) is 4.85. The van der Waals surface area contributed by atoms with Gasteiger partial charge in [-0.15, -0.1) is 11.3 Å². The molecule has 4 rings (SSSR count). The summed E-state index contributed by atoms with van der Waals surface area (Å²) in [4.78, 5) is 20.8. The van der Waals surface area contributed by atoms with Crippen LogP contribution in [0.25, 0.3) is 21.1 Å². The standard InChI is InChI=1S/C18H15N3OS/c22-18(16-11-12-5-1-4-8-15(12)23-16)19-10-9-17-20-13-6-2-3-7-14(13)21-17/h1-8,11H,9-10H2,(H,19,22)(H,20,21). The van der Waals surface area contributed by atoms with E-state index in [1.165, 1.54) is 11.3 Å². The number of imidazole rings is 1. The maximum atomic E-state index is 12.2. The molecule has 0 spiro atoms. The van der Waals surface area contributed by atoms with Gasteiger partial charge in [-0.1, -0.05) is 30.3 Å². The van der Waals surface area contributed by atoms with Crippen molar-refractivity contribution in [3.05, 3.63) is 65.3 Å². The van der Waals surface area contributed by atoms with E-state index < -0.39 is 0 Å². The Morgan fingerprint density at radius 3 is 2.83 bits per heavy atom. The summed E-state index contributed by atoms with van der Waals surface area (Å²) >= 11 is 1.52. The van der Waals surface area contributed by atoms with Crippen LogP contribution >= 0.6 is 11.3 Å². The molecule has 0 aliphatic carbocycles. The van der Waals surface area contributed by atoms with Crippen LogP contribution in [0.3, 0.4) is 0 Å². The van der Waals surface area contributed by atoms with Crippen LogP contribution in [0.15, 0.2) is 54.6 Å². The highest BCUT2D eigenvalue weighted by molar-refractivity contribution is 7.20. The summed E-state index contributed by atoms with van der Waals surface area (Å²) < 4.78 is 1.13. The lowest BCUT2D eigenvalue weighted by Crippen LogP contribution is -2.25. The number of carbonyl (C=O) groups excluding carboxylic acids is 1. The van der Waals surface area contributed by atoms with Crippen LogP contribution in [0.2, 0.25) is 0 Å². The van der Waals surface area contributed by atoms with Gasteiger partial charge in [0.1, 0.15) is 5.82 Å². The molecule has 4 nitrogen and oxygen atoms in total. The number of H-pyrrole nitrogens is 1. The molecule has 2 heterocycles. The van der Waals surface area contributed by atoms with Crippen LogP contribution in [0.5, 0.6) is 0 Å². The number of carbonyl (C=O) groups is 1. The lowest BCUT2D eigenvalue weighted by molar-refractivity contribution is 0.0958. The fraction of sp³-hybridized carbons (Fsp3) is 0.111. The van der Waals surface area contributed by atoms with Gasteiger partial charge in [-0.05, 0) is 29.7 Å². The van der Waals surface area contributed by atoms with E-state index in [1.807, 2.05) is 54.6 Å². The molecule has 2 aromatic heterocycles. The highest BCUT2D eigenvalue weighted by atomic mass is 32.1. The number of aromatic nitrogens is 2. The average Bonchev–Trinajstić information content (AvgIpc) is 3.18. The molecule has 1 amide bonds. The normalized spacial score (nSPS) is 11.1. The van der Waals surface area contributed by atoms with Gasteiger partial charge in [0.05, 0.1) is 15.9 Å². The van der Waals surface area contributed by atoms with E-state index in [9.17, 15) is 4.79 Å². The molecule has 2 N–H and O–H groups in total. The number of thiophene rings is 1. The Hall–Kier alpha value is -2.66. The summed E-state index contributed by atoms with van der Waals surface area (Å²) in [5.74, 6) is 0.866. The van der Waals surface area contributed by atoms with Crippen molar-refractivity contribution in [1.29, 1.82) is 0 Å². The number of fused-ring (bicyclic) bond motifs is 2. The minimum absolute atomic E-state index is 0.0256. The van der Waals surface area contributed by atoms with E-state index >= 15 is 0 Å². The van der Waals surface area contributed by atoms with Crippen LogP contribution in [-0.2, 0) is 6.42 Å². The van der Waals surface area contributed by atoms with Gasteiger partial charge in [0.25, 0.3) is 5.91 Å². The SMILES string of the molecule is O=C(NCCc1nc2ccccc2[nH]1)c1cc2ccccc2s1. The maximum Gasteiger partial charge on any atom is 0.261 e. The summed E-state index contributed by atoms with van der Waals surface area (Å²) in [6, 6.07) is 17.9. The number of nitrogens with zero attached hydrogens (tertiary/aromatic N) is 1. The molecular weight excluding hydrogens is 306 g/mol. The minimum Gasteiger partial charge on any atom is -0.351 e. The number of rotatable bonds is 4. The smallest absolute Gasteiger partial charge is 0.261 e. The number of benzene rings is 2. The summed E-state index contributed by atoms with van der Waals surface area (Å²) in [5.41, 5.74) is 1.98. The Balaban J connectivity index is 1.41. The summed E-state index contributed by atoms with van der Waals surface area (Å²) in [5, 5.41) is 4.08. The first kappa shape index (κ1) is 14.0. The Bertz CT molecular complexity index is 920. The first-order valence-corrected chi connectivity index (χ1v) is 8.32. The van der Waals surface area contributed by atoms with E-state index in [4.69, 9.17) is 0 Å². The highest BCUT2D eigenvalue weighted by Gasteiger charge is 2.10. The van der Waals surface area contributed by atoms with Gasteiger partial charge in [-0.25, -0.2) is 4.98 Å². The quantitative estimate of drug-likeness (QED) is 0.601. The molecule has 5 heteroatoms. The second-order valence-corrected chi connectivity index (χ2v) is 6.44. The van der Waals surface area contributed by atoms with Gasteiger partial charge in [0.2, 0.25) is 0 Å². The van der Waals surface area contributed by atoms with E-state index in [-0.39, 0.29) is 5.91 Å². The van der Waals surface area contributed by atoms with Crippen molar-refractivity contribution in [2.45, 2.75) is 6.42 Å². The summed E-state index contributed by atoms with van der Waals surface area (Å²) in [6.45, 7) is 0.562. The predicted octanol–water partition coefficient (Wildman–Crippen LogP) is 3.75. The van der Waals surface area contributed by atoms with Crippen molar-refractivity contribution in [2.75, 3.05) is 6.54 Å². The van der Waals surface area contributed by atoms with Crippen LogP contribution in [-0.4, -0.2) is 22.4 Å². The van der Waals surface area contributed by atoms with Gasteiger partial charge in [-0.2, -0.15) is 0 Å². The highest BCUT2D eigenvalue weighted by Crippen LogP contribution is 2.25. The van der Waals surface area contributed by atoms with Gasteiger partial charge in [0.15, 0.2) is 0 Å². The number of nitrogens with one attached hydrogen (secondary N) is 2. The first-order valence-electron chi connectivity index (χ1n) is 7.50. The Morgan fingerprint density at radius 1 is 1.13 bits per heavy atom. The van der Waals surface area contributed by atoms with Gasteiger partial charge >= 0.3 is 0 Å². The predicted molar refractivity (Wildman–Crippen MR) is 94.0 cm³/mol. The topological polar surface area (TPSA) is 57.8 Å².